The first kappa shape index (κ1) is 21.9. The van der Waals surface area contributed by atoms with Crippen LogP contribution in [0.2, 0.25) is 0 Å². The van der Waals surface area contributed by atoms with Crippen LogP contribution in [0, 0.1) is 0 Å². The summed E-state index contributed by atoms with van der Waals surface area (Å²) in [6.07, 6.45) is 10.4. The Hall–Kier alpha value is -0.420. The van der Waals surface area contributed by atoms with E-state index in [1.165, 1.54) is 44.9 Å². The minimum absolute atomic E-state index is 0.343. The van der Waals surface area contributed by atoms with Gasteiger partial charge in [-0.2, -0.15) is 0 Å². The maximum Gasteiger partial charge on any atom is 0.350 e. The van der Waals surface area contributed by atoms with Gasteiger partial charge in [0.2, 0.25) is 0 Å². The molecular formula is C13H29O6P. The van der Waals surface area contributed by atoms with E-state index in [0.717, 1.165) is 12.8 Å². The molecule has 4 N–H and O–H groups in total. The van der Waals surface area contributed by atoms with Gasteiger partial charge in [0.15, 0.2) is 0 Å². The maximum absolute atomic E-state index is 10.2. The van der Waals surface area contributed by atoms with Crippen molar-refractivity contribution in [2.45, 2.75) is 71.1 Å². The molecule has 0 saturated heterocycles. The maximum atomic E-state index is 10.2. The number of unbranched alkanes of at least 4 members (excludes halogenated alkanes) is 8. The number of hydrogen-bond donors (Lipinski definition) is 4. The van der Waals surface area contributed by atoms with Crippen molar-refractivity contribution < 1.29 is 29.4 Å². The van der Waals surface area contributed by atoms with E-state index in [1.807, 2.05) is 0 Å². The normalized spacial score (nSPS) is 10.8. The standard InChI is InChI=1S/C12H24O2.CH5O4P/c1-2-3-4-5-6-7-8-9-10-11-12(13)14;2-1-6(3,4)5/h2-11H2,1H3,(H,13,14);2H,1H2,(H2,3,4,5). The highest BCUT2D eigenvalue weighted by molar-refractivity contribution is 7.51. The quantitative estimate of drug-likeness (QED) is 0.344. The Kier molecular flexibility index (Phi) is 16.4. The molecule has 7 heteroatoms. The lowest BCUT2D eigenvalue weighted by molar-refractivity contribution is -0.137. The monoisotopic (exact) mass is 312 g/mol. The highest BCUT2D eigenvalue weighted by Crippen LogP contribution is 2.31. The zero-order valence-corrected chi connectivity index (χ0v) is 13.2. The van der Waals surface area contributed by atoms with Gasteiger partial charge >= 0.3 is 13.6 Å². The van der Waals surface area contributed by atoms with Crippen LogP contribution in [0.5, 0.6) is 0 Å². The van der Waals surface area contributed by atoms with Crippen molar-refractivity contribution in [3.05, 3.63) is 0 Å². The molecule has 20 heavy (non-hydrogen) atoms. The molecule has 0 rings (SSSR count). The van der Waals surface area contributed by atoms with Crippen molar-refractivity contribution in [1.82, 2.24) is 0 Å². The number of rotatable bonds is 11. The molecule has 0 spiro atoms. The number of aliphatic hydroxyl groups is 1. The third-order valence-corrected chi connectivity index (χ3v) is 3.05. The number of aliphatic carboxylic acids is 1. The molecular weight excluding hydrogens is 283 g/mol. The third-order valence-electron chi connectivity index (χ3n) is 2.68. The second-order valence-electron chi connectivity index (χ2n) is 4.78. The summed E-state index contributed by atoms with van der Waals surface area (Å²) in [5.74, 6) is -0.659. The van der Waals surface area contributed by atoms with Crippen LogP contribution < -0.4 is 0 Å². The number of carboxylic acid groups (broad SMARTS) is 1. The second kappa shape index (κ2) is 15.0. The number of carboxylic acids is 1. The zero-order chi connectivity index (χ0) is 15.9. The Labute approximate surface area is 121 Å². The Morgan fingerprint density at radius 3 is 1.55 bits per heavy atom. The predicted octanol–water partition coefficient (Wildman–Crippen LogP) is 3.11. The van der Waals surface area contributed by atoms with Gasteiger partial charge in [0.1, 0.15) is 6.35 Å². The predicted molar refractivity (Wildman–Crippen MR) is 78.6 cm³/mol. The van der Waals surface area contributed by atoms with E-state index in [1.54, 1.807) is 0 Å². The molecule has 0 aliphatic rings. The average Bonchev–Trinajstić information content (AvgIpc) is 2.36. The summed E-state index contributed by atoms with van der Waals surface area (Å²) in [6.45, 7) is 2.23. The van der Waals surface area contributed by atoms with Gasteiger partial charge in [0.05, 0.1) is 0 Å². The number of carbonyl (C=O) groups is 1. The summed E-state index contributed by atoms with van der Waals surface area (Å²) in [7, 11) is -4.09. The fraction of sp³-hybridized carbons (Fsp3) is 0.923. The molecule has 0 aliphatic carbocycles. The summed E-state index contributed by atoms with van der Waals surface area (Å²) >= 11 is 0. The first-order chi connectivity index (χ1) is 9.33. The molecule has 0 atom stereocenters. The van der Waals surface area contributed by atoms with Gasteiger partial charge in [-0.25, -0.2) is 0 Å². The van der Waals surface area contributed by atoms with Crippen molar-refractivity contribution >= 4 is 13.6 Å². The minimum Gasteiger partial charge on any atom is -0.481 e. The summed E-state index contributed by atoms with van der Waals surface area (Å²) in [5.41, 5.74) is 0. The van der Waals surface area contributed by atoms with Gasteiger partial charge in [-0.05, 0) is 6.42 Å². The van der Waals surface area contributed by atoms with E-state index in [4.69, 9.17) is 20.0 Å². The Bertz CT molecular complexity index is 264. The zero-order valence-electron chi connectivity index (χ0n) is 12.3. The van der Waals surface area contributed by atoms with Crippen LogP contribution in [-0.2, 0) is 9.36 Å². The summed E-state index contributed by atoms with van der Waals surface area (Å²) in [6, 6.07) is 0. The molecule has 0 unspecified atom stereocenters. The molecule has 122 valence electrons. The molecule has 0 bridgehead atoms. The summed E-state index contributed by atoms with van der Waals surface area (Å²) in [5, 5.41) is 16.1. The smallest absolute Gasteiger partial charge is 0.350 e. The molecule has 0 amide bonds. The van der Waals surface area contributed by atoms with Gasteiger partial charge < -0.3 is 20.0 Å². The van der Waals surface area contributed by atoms with E-state index in [0.29, 0.717) is 6.42 Å². The molecule has 0 radical (unpaired) electrons. The van der Waals surface area contributed by atoms with E-state index in [9.17, 15) is 9.36 Å². The van der Waals surface area contributed by atoms with Crippen LogP contribution >= 0.6 is 7.60 Å². The third kappa shape index (κ3) is 26.2. The Morgan fingerprint density at radius 2 is 1.25 bits per heavy atom. The Morgan fingerprint density at radius 1 is 0.900 bits per heavy atom. The Balaban J connectivity index is 0. The van der Waals surface area contributed by atoms with Crippen molar-refractivity contribution in [3.63, 3.8) is 0 Å². The van der Waals surface area contributed by atoms with E-state index >= 15 is 0 Å². The summed E-state index contributed by atoms with van der Waals surface area (Å²) < 4.78 is 9.44. The van der Waals surface area contributed by atoms with E-state index in [-0.39, 0.29) is 0 Å². The lowest BCUT2D eigenvalue weighted by atomic mass is 10.1. The van der Waals surface area contributed by atoms with Gasteiger partial charge in [0.25, 0.3) is 0 Å². The highest BCUT2D eigenvalue weighted by Gasteiger charge is 2.07. The second-order valence-corrected chi connectivity index (χ2v) is 6.39. The first-order valence-corrected chi connectivity index (χ1v) is 9.00. The van der Waals surface area contributed by atoms with Crippen LogP contribution in [0.1, 0.15) is 71.1 Å². The molecule has 0 heterocycles. The molecule has 0 aromatic carbocycles. The van der Waals surface area contributed by atoms with Crippen LogP contribution in [0.15, 0.2) is 0 Å². The summed E-state index contributed by atoms with van der Waals surface area (Å²) in [4.78, 5) is 25.6. The molecule has 0 aliphatic heterocycles. The van der Waals surface area contributed by atoms with Crippen LogP contribution in [0.4, 0.5) is 0 Å². The first-order valence-electron chi connectivity index (χ1n) is 7.20. The van der Waals surface area contributed by atoms with Crippen molar-refractivity contribution in [2.24, 2.45) is 0 Å². The lowest BCUT2D eigenvalue weighted by Gasteiger charge is -2.00. The molecule has 0 fully saturated rings. The molecule has 0 saturated carbocycles. The van der Waals surface area contributed by atoms with E-state index in [2.05, 4.69) is 6.92 Å². The van der Waals surface area contributed by atoms with Crippen molar-refractivity contribution in [1.29, 1.82) is 0 Å². The minimum atomic E-state index is -4.09. The van der Waals surface area contributed by atoms with Crippen LogP contribution in [0.3, 0.4) is 0 Å². The molecule has 6 nitrogen and oxygen atoms in total. The topological polar surface area (TPSA) is 115 Å². The highest BCUT2D eigenvalue weighted by atomic mass is 31.2. The van der Waals surface area contributed by atoms with Gasteiger partial charge in [-0.1, -0.05) is 58.3 Å². The fourth-order valence-electron chi connectivity index (χ4n) is 1.59. The van der Waals surface area contributed by atoms with E-state index < -0.39 is 19.9 Å². The fourth-order valence-corrected chi connectivity index (χ4v) is 1.59. The van der Waals surface area contributed by atoms with Gasteiger partial charge in [-0.3, -0.25) is 9.36 Å². The lowest BCUT2D eigenvalue weighted by Crippen LogP contribution is -1.93. The van der Waals surface area contributed by atoms with Gasteiger partial charge in [0, 0.05) is 6.42 Å². The van der Waals surface area contributed by atoms with Crippen LogP contribution in [-0.4, -0.2) is 32.3 Å². The molecule has 0 aromatic heterocycles. The molecule has 0 aromatic rings. The van der Waals surface area contributed by atoms with Crippen molar-refractivity contribution in [2.75, 3.05) is 6.35 Å². The van der Waals surface area contributed by atoms with Crippen molar-refractivity contribution in [3.8, 4) is 0 Å². The van der Waals surface area contributed by atoms with Crippen LogP contribution in [0.25, 0.3) is 0 Å². The SMILES string of the molecule is CCCCCCCCCCCC(=O)O.O=P(O)(O)CO. The average molecular weight is 312 g/mol. The number of aliphatic hydroxyl groups excluding tert-OH is 1. The van der Waals surface area contributed by atoms with Gasteiger partial charge in [-0.15, -0.1) is 0 Å². The largest absolute Gasteiger partial charge is 0.481 e. The number of hydrogen-bond acceptors (Lipinski definition) is 3.